The lowest BCUT2D eigenvalue weighted by molar-refractivity contribution is 0.323. The number of nitrogens with zero attached hydrogens (tertiary/aromatic N) is 1. The Morgan fingerprint density at radius 2 is 2.06 bits per heavy atom. The first-order chi connectivity index (χ1) is 7.70. The van der Waals surface area contributed by atoms with Gasteiger partial charge in [-0.3, -0.25) is 4.90 Å². The van der Waals surface area contributed by atoms with E-state index >= 15 is 0 Å². The molecule has 0 bridgehead atoms. The summed E-state index contributed by atoms with van der Waals surface area (Å²) in [6.45, 7) is 10.6. The van der Waals surface area contributed by atoms with E-state index in [1.807, 2.05) is 26.8 Å². The molecule has 1 heterocycles. The molecule has 2 heteroatoms. The number of rotatable bonds is 3. The Kier molecular flexibility index (Phi) is 7.65. The fraction of sp³-hybridized carbons (Fsp3) is 0.571. The third kappa shape index (κ3) is 3.86. The molecule has 0 aliphatic carbocycles. The van der Waals surface area contributed by atoms with Gasteiger partial charge in [0.1, 0.15) is 5.76 Å². The number of aliphatic hydroxyl groups excluding tert-OH is 1. The third-order valence-electron chi connectivity index (χ3n) is 2.75. The van der Waals surface area contributed by atoms with E-state index in [0.29, 0.717) is 11.8 Å². The average Bonchev–Trinajstić information content (AvgIpc) is 2.74. The van der Waals surface area contributed by atoms with E-state index in [2.05, 4.69) is 18.5 Å². The minimum atomic E-state index is 0.351. The Morgan fingerprint density at radius 3 is 2.44 bits per heavy atom. The van der Waals surface area contributed by atoms with Gasteiger partial charge in [-0.25, -0.2) is 0 Å². The molecule has 1 rings (SSSR count). The highest BCUT2D eigenvalue weighted by molar-refractivity contribution is 5.33. The smallest absolute Gasteiger partial charge is 0.116 e. The Hall–Kier alpha value is -1.02. The van der Waals surface area contributed by atoms with Crippen LogP contribution in [-0.4, -0.2) is 29.6 Å². The second-order valence-electron chi connectivity index (χ2n) is 3.67. The maximum atomic E-state index is 9.75. The van der Waals surface area contributed by atoms with E-state index in [9.17, 15) is 5.11 Å². The van der Waals surface area contributed by atoms with Gasteiger partial charge in [0, 0.05) is 11.6 Å². The van der Waals surface area contributed by atoms with Gasteiger partial charge in [0.15, 0.2) is 0 Å². The Morgan fingerprint density at radius 1 is 1.44 bits per heavy atom. The number of aliphatic hydroxyl groups is 1. The first-order valence-electron chi connectivity index (χ1n) is 6.09. The van der Waals surface area contributed by atoms with E-state index < -0.39 is 0 Å². The molecule has 0 aromatic heterocycles. The van der Waals surface area contributed by atoms with Crippen LogP contribution in [0, 0.1) is 0 Å². The molecule has 1 fully saturated rings. The molecule has 1 aliphatic heterocycles. The molecule has 0 saturated carbocycles. The van der Waals surface area contributed by atoms with Crippen LogP contribution in [0.4, 0.5) is 0 Å². The molecular weight excluding hydrogens is 198 g/mol. The van der Waals surface area contributed by atoms with Crippen molar-refractivity contribution in [2.24, 2.45) is 0 Å². The number of likely N-dealkylation sites (tertiary alicyclic amines) is 1. The summed E-state index contributed by atoms with van der Waals surface area (Å²) < 4.78 is 0. The molecule has 1 saturated heterocycles. The molecule has 16 heavy (non-hydrogen) atoms. The van der Waals surface area contributed by atoms with Crippen LogP contribution in [0.25, 0.3) is 0 Å². The molecule has 1 unspecified atom stereocenters. The number of hydrogen-bond acceptors (Lipinski definition) is 2. The van der Waals surface area contributed by atoms with Gasteiger partial charge >= 0.3 is 0 Å². The number of likely N-dealkylation sites (N-methyl/N-ethyl adjacent to an activating group) is 1. The Balaban J connectivity index is 0.00000106. The van der Waals surface area contributed by atoms with Crippen molar-refractivity contribution in [3.05, 3.63) is 36.1 Å². The average molecular weight is 223 g/mol. The van der Waals surface area contributed by atoms with Gasteiger partial charge in [-0.15, -0.1) is 0 Å². The molecule has 0 amide bonds. The summed E-state index contributed by atoms with van der Waals surface area (Å²) >= 11 is 0. The van der Waals surface area contributed by atoms with Crippen molar-refractivity contribution in [3.8, 4) is 0 Å². The number of hydrogen-bond donors (Lipinski definition) is 1. The van der Waals surface area contributed by atoms with Crippen molar-refractivity contribution in [2.45, 2.75) is 39.7 Å². The largest absolute Gasteiger partial charge is 0.508 e. The van der Waals surface area contributed by atoms with Crippen LogP contribution in [-0.2, 0) is 0 Å². The summed E-state index contributed by atoms with van der Waals surface area (Å²) in [5.74, 6) is 0.378. The van der Waals surface area contributed by atoms with Crippen LogP contribution >= 0.6 is 0 Å². The fourth-order valence-electron chi connectivity index (χ4n) is 1.96. The fourth-order valence-corrected chi connectivity index (χ4v) is 1.96. The summed E-state index contributed by atoms with van der Waals surface area (Å²) in [7, 11) is 2.09. The van der Waals surface area contributed by atoms with E-state index in [-0.39, 0.29) is 0 Å². The number of allylic oxidation sites excluding steroid dienone is 3. The molecule has 1 aliphatic rings. The van der Waals surface area contributed by atoms with Crippen LogP contribution in [0.3, 0.4) is 0 Å². The zero-order valence-corrected chi connectivity index (χ0v) is 11.0. The minimum absolute atomic E-state index is 0.351. The van der Waals surface area contributed by atoms with Gasteiger partial charge in [0.25, 0.3) is 0 Å². The zero-order valence-electron chi connectivity index (χ0n) is 11.0. The molecule has 0 spiro atoms. The maximum Gasteiger partial charge on any atom is 0.116 e. The molecule has 0 aromatic carbocycles. The van der Waals surface area contributed by atoms with Crippen molar-refractivity contribution in [3.63, 3.8) is 0 Å². The van der Waals surface area contributed by atoms with Crippen LogP contribution in [0.2, 0.25) is 0 Å². The standard InChI is InChI=1S/C12H19NO.C2H6/c1-4-7-10(12(14)5-2)11-8-6-9-13(11)3;1-2/h4-5,7,11,14H,1,6,8-9H2,2-3H3;1-2H3/b10-7-,12-5+;. The third-order valence-corrected chi connectivity index (χ3v) is 2.75. The molecule has 92 valence electrons. The second-order valence-corrected chi connectivity index (χ2v) is 3.67. The monoisotopic (exact) mass is 223 g/mol. The summed E-state index contributed by atoms with van der Waals surface area (Å²) in [6.07, 6.45) is 7.70. The normalized spacial score (nSPS) is 22.6. The molecule has 0 aromatic rings. The van der Waals surface area contributed by atoms with Crippen LogP contribution < -0.4 is 0 Å². The lowest BCUT2D eigenvalue weighted by Crippen LogP contribution is -2.27. The van der Waals surface area contributed by atoms with Gasteiger partial charge in [0.05, 0.1) is 0 Å². The molecular formula is C14H25NO. The second kappa shape index (κ2) is 8.17. The molecule has 2 nitrogen and oxygen atoms in total. The van der Waals surface area contributed by atoms with Crippen LogP contribution in [0.1, 0.15) is 33.6 Å². The summed E-state index contributed by atoms with van der Waals surface area (Å²) in [5.41, 5.74) is 0.988. The van der Waals surface area contributed by atoms with Gasteiger partial charge in [-0.05, 0) is 39.4 Å². The van der Waals surface area contributed by atoms with Gasteiger partial charge < -0.3 is 5.11 Å². The summed E-state index contributed by atoms with van der Waals surface area (Å²) in [5, 5.41) is 9.75. The first kappa shape index (κ1) is 15.0. The summed E-state index contributed by atoms with van der Waals surface area (Å²) in [4.78, 5) is 2.27. The first-order valence-corrected chi connectivity index (χ1v) is 6.09. The predicted octanol–water partition coefficient (Wildman–Crippen LogP) is 3.68. The summed E-state index contributed by atoms with van der Waals surface area (Å²) in [6, 6.07) is 0.351. The van der Waals surface area contributed by atoms with Crippen molar-refractivity contribution in [1.82, 2.24) is 4.90 Å². The SMILES string of the molecule is C=C/C=C(\C(O)=C/C)C1CCCN1C.CC. The van der Waals surface area contributed by atoms with Crippen molar-refractivity contribution in [1.29, 1.82) is 0 Å². The Labute approximate surface area is 100.0 Å². The van der Waals surface area contributed by atoms with Crippen LogP contribution in [0.15, 0.2) is 36.1 Å². The maximum absolute atomic E-state index is 9.75. The van der Waals surface area contributed by atoms with Crippen molar-refractivity contribution < 1.29 is 5.11 Å². The predicted molar refractivity (Wildman–Crippen MR) is 71.7 cm³/mol. The highest BCUT2D eigenvalue weighted by atomic mass is 16.3. The van der Waals surface area contributed by atoms with Crippen molar-refractivity contribution in [2.75, 3.05) is 13.6 Å². The Bertz CT molecular complexity index is 266. The lowest BCUT2D eigenvalue weighted by Gasteiger charge is -2.22. The van der Waals surface area contributed by atoms with Gasteiger partial charge in [0.2, 0.25) is 0 Å². The van der Waals surface area contributed by atoms with Gasteiger partial charge in [-0.2, -0.15) is 0 Å². The molecule has 1 atom stereocenters. The molecule has 0 radical (unpaired) electrons. The van der Waals surface area contributed by atoms with Gasteiger partial charge in [-0.1, -0.05) is 32.6 Å². The van der Waals surface area contributed by atoms with E-state index in [1.165, 1.54) is 6.42 Å². The molecule has 1 N–H and O–H groups in total. The van der Waals surface area contributed by atoms with E-state index in [4.69, 9.17) is 0 Å². The highest BCUT2D eigenvalue weighted by Crippen LogP contribution is 2.25. The minimum Gasteiger partial charge on any atom is -0.508 e. The van der Waals surface area contributed by atoms with Crippen molar-refractivity contribution >= 4 is 0 Å². The lowest BCUT2D eigenvalue weighted by atomic mass is 10.0. The van der Waals surface area contributed by atoms with E-state index in [0.717, 1.165) is 18.5 Å². The van der Waals surface area contributed by atoms with E-state index in [1.54, 1.807) is 12.2 Å². The quantitative estimate of drug-likeness (QED) is 0.583. The highest BCUT2D eigenvalue weighted by Gasteiger charge is 2.25. The van der Waals surface area contributed by atoms with Crippen LogP contribution in [0.5, 0.6) is 0 Å². The zero-order chi connectivity index (χ0) is 12.6. The topological polar surface area (TPSA) is 23.5 Å².